The normalized spacial score (nSPS) is 17.7. The van der Waals surface area contributed by atoms with Gasteiger partial charge in [-0.25, -0.2) is 0 Å². The third-order valence-corrected chi connectivity index (χ3v) is 5.24. The Labute approximate surface area is 153 Å². The maximum absolute atomic E-state index is 9.69. The average molecular weight is 348 g/mol. The van der Waals surface area contributed by atoms with E-state index in [2.05, 4.69) is 35.6 Å². The van der Waals surface area contributed by atoms with Crippen molar-refractivity contribution < 1.29 is 10.2 Å². The maximum atomic E-state index is 9.69. The number of hydrogen-bond acceptors (Lipinski definition) is 4. The number of aliphatic hydroxyl groups excluding tert-OH is 2. The first-order chi connectivity index (χ1) is 12.7. The van der Waals surface area contributed by atoms with Crippen LogP contribution in [-0.4, -0.2) is 34.5 Å². The topological polar surface area (TPSA) is 65.4 Å². The molecule has 1 aliphatic rings. The van der Waals surface area contributed by atoms with Gasteiger partial charge in [-0.3, -0.25) is 4.98 Å². The fourth-order valence-electron chi connectivity index (χ4n) is 3.79. The molecule has 4 rings (SSSR count). The Balaban J connectivity index is 1.67. The molecule has 134 valence electrons. The third kappa shape index (κ3) is 3.43. The summed E-state index contributed by atoms with van der Waals surface area (Å²) in [5.41, 5.74) is 5.90. The van der Waals surface area contributed by atoms with Gasteiger partial charge in [0.05, 0.1) is 18.2 Å². The lowest BCUT2D eigenvalue weighted by Gasteiger charge is -2.25. The van der Waals surface area contributed by atoms with Crippen LogP contribution in [0.1, 0.15) is 29.2 Å². The maximum Gasteiger partial charge on any atom is 0.0942 e. The molecule has 4 heteroatoms. The van der Waals surface area contributed by atoms with Crippen LogP contribution < -0.4 is 5.32 Å². The second-order valence-corrected chi connectivity index (χ2v) is 7.04. The summed E-state index contributed by atoms with van der Waals surface area (Å²) in [4.78, 5) is 4.93. The van der Waals surface area contributed by atoms with Crippen LogP contribution in [0.25, 0.3) is 10.9 Å². The molecule has 4 nitrogen and oxygen atoms in total. The average Bonchev–Trinajstić information content (AvgIpc) is 2.71. The molecule has 0 fully saturated rings. The smallest absolute Gasteiger partial charge is 0.0942 e. The van der Waals surface area contributed by atoms with Crippen LogP contribution in [0.5, 0.6) is 0 Å². The molecule has 0 amide bonds. The van der Waals surface area contributed by atoms with Crippen LogP contribution in [0, 0.1) is 0 Å². The lowest BCUT2D eigenvalue weighted by atomic mass is 9.82. The Morgan fingerprint density at radius 1 is 1.08 bits per heavy atom. The van der Waals surface area contributed by atoms with Crippen LogP contribution in [0.2, 0.25) is 0 Å². The van der Waals surface area contributed by atoms with E-state index >= 15 is 0 Å². The van der Waals surface area contributed by atoms with Crippen LogP contribution in [-0.2, 0) is 12.8 Å². The van der Waals surface area contributed by atoms with Gasteiger partial charge in [-0.2, -0.15) is 0 Å². The molecule has 0 radical (unpaired) electrons. The predicted octanol–water partition coefficient (Wildman–Crippen LogP) is 3.27. The van der Waals surface area contributed by atoms with Gasteiger partial charge in [0, 0.05) is 29.2 Å². The van der Waals surface area contributed by atoms with Crippen molar-refractivity contribution in [3.8, 4) is 0 Å². The van der Waals surface area contributed by atoms with Crippen molar-refractivity contribution in [2.75, 3.05) is 18.5 Å². The minimum Gasteiger partial charge on any atom is -0.394 e. The first-order valence-electron chi connectivity index (χ1n) is 9.24. The standard InChI is InChI=1S/C22H24N2O2/c25-14-18(26)13-23-22-12-21(24-20-8-4-3-7-19(20)22)17-10-9-15-5-1-2-6-16(15)11-17/h1-8,12,17-18,25-26H,9-11,13-14H2,(H,23,24). The number of para-hydroxylation sites is 1. The monoisotopic (exact) mass is 348 g/mol. The Morgan fingerprint density at radius 3 is 2.69 bits per heavy atom. The zero-order valence-electron chi connectivity index (χ0n) is 14.7. The van der Waals surface area contributed by atoms with E-state index in [1.165, 1.54) is 11.1 Å². The number of hydrogen-bond donors (Lipinski definition) is 3. The Kier molecular flexibility index (Phi) is 4.87. The number of aliphatic hydroxyl groups is 2. The predicted molar refractivity (Wildman–Crippen MR) is 105 cm³/mol. The summed E-state index contributed by atoms with van der Waals surface area (Å²) in [6.45, 7) is 0.0692. The van der Waals surface area contributed by atoms with Gasteiger partial charge in [-0.15, -0.1) is 0 Å². The highest BCUT2D eigenvalue weighted by molar-refractivity contribution is 5.91. The number of fused-ring (bicyclic) bond motifs is 2. The van der Waals surface area contributed by atoms with Gasteiger partial charge < -0.3 is 15.5 Å². The van der Waals surface area contributed by atoms with Gasteiger partial charge in [0.25, 0.3) is 0 Å². The zero-order chi connectivity index (χ0) is 17.9. The summed E-state index contributed by atoms with van der Waals surface area (Å²) in [6.07, 6.45) is 2.43. The highest BCUT2D eigenvalue weighted by Gasteiger charge is 2.22. The molecule has 0 saturated heterocycles. The van der Waals surface area contributed by atoms with E-state index in [0.29, 0.717) is 12.5 Å². The van der Waals surface area contributed by atoms with Crippen LogP contribution in [0.4, 0.5) is 5.69 Å². The summed E-state index contributed by atoms with van der Waals surface area (Å²) >= 11 is 0. The first-order valence-corrected chi connectivity index (χ1v) is 9.24. The van der Waals surface area contributed by atoms with Crippen molar-refractivity contribution in [2.24, 2.45) is 0 Å². The quantitative estimate of drug-likeness (QED) is 0.662. The molecular formula is C22H24N2O2. The van der Waals surface area contributed by atoms with E-state index in [-0.39, 0.29) is 6.61 Å². The van der Waals surface area contributed by atoms with Crippen LogP contribution in [0.15, 0.2) is 54.6 Å². The number of nitrogens with zero attached hydrogens (tertiary/aromatic N) is 1. The molecule has 0 aliphatic heterocycles. The Bertz CT molecular complexity index is 910. The highest BCUT2D eigenvalue weighted by Crippen LogP contribution is 2.34. The highest BCUT2D eigenvalue weighted by atomic mass is 16.3. The van der Waals surface area contributed by atoms with Gasteiger partial charge in [-0.1, -0.05) is 42.5 Å². The largest absolute Gasteiger partial charge is 0.394 e. The number of aromatic nitrogens is 1. The van der Waals surface area contributed by atoms with Crippen molar-refractivity contribution in [2.45, 2.75) is 31.3 Å². The van der Waals surface area contributed by atoms with Gasteiger partial charge in [0.2, 0.25) is 0 Å². The summed E-state index contributed by atoms with van der Waals surface area (Å²) in [5, 5.41) is 23.1. The summed E-state index contributed by atoms with van der Waals surface area (Å²) in [5.74, 6) is 0.401. The minimum absolute atomic E-state index is 0.248. The minimum atomic E-state index is -0.771. The molecular weight excluding hydrogens is 324 g/mol. The van der Waals surface area contributed by atoms with E-state index < -0.39 is 6.10 Å². The lowest BCUT2D eigenvalue weighted by molar-refractivity contribution is 0.105. The lowest BCUT2D eigenvalue weighted by Crippen LogP contribution is -2.23. The molecule has 2 atom stereocenters. The van der Waals surface area contributed by atoms with Crippen LogP contribution in [0.3, 0.4) is 0 Å². The number of rotatable bonds is 5. The van der Waals surface area contributed by atoms with E-state index in [1.54, 1.807) is 0 Å². The van der Waals surface area contributed by atoms with Crippen molar-refractivity contribution >= 4 is 16.6 Å². The molecule has 2 aromatic carbocycles. The van der Waals surface area contributed by atoms with Gasteiger partial charge in [-0.05, 0) is 42.5 Å². The molecule has 1 heterocycles. The summed E-state index contributed by atoms with van der Waals surface area (Å²) < 4.78 is 0. The number of aryl methyl sites for hydroxylation is 1. The SMILES string of the molecule is OCC(O)CNc1cc(C2CCc3ccccc3C2)nc2ccccc12. The fourth-order valence-corrected chi connectivity index (χ4v) is 3.79. The molecule has 0 spiro atoms. The van der Waals surface area contributed by atoms with Crippen molar-refractivity contribution in [1.82, 2.24) is 4.98 Å². The molecule has 26 heavy (non-hydrogen) atoms. The van der Waals surface area contributed by atoms with Crippen molar-refractivity contribution in [1.29, 1.82) is 0 Å². The number of pyridine rings is 1. The molecule has 1 aliphatic carbocycles. The molecule has 3 N–H and O–H groups in total. The summed E-state index contributed by atoms with van der Waals surface area (Å²) in [6, 6.07) is 18.8. The molecule has 2 unspecified atom stereocenters. The van der Waals surface area contributed by atoms with E-state index in [9.17, 15) is 5.11 Å². The summed E-state index contributed by atoms with van der Waals surface area (Å²) in [7, 11) is 0. The number of nitrogens with one attached hydrogen (secondary N) is 1. The Morgan fingerprint density at radius 2 is 1.85 bits per heavy atom. The third-order valence-electron chi connectivity index (χ3n) is 5.24. The first kappa shape index (κ1) is 17.0. The molecule has 0 bridgehead atoms. The van der Waals surface area contributed by atoms with Gasteiger partial charge >= 0.3 is 0 Å². The molecule has 1 aromatic heterocycles. The fraction of sp³-hybridized carbons (Fsp3) is 0.318. The molecule has 0 saturated carbocycles. The Hall–Kier alpha value is -2.43. The number of benzene rings is 2. The van der Waals surface area contributed by atoms with Crippen molar-refractivity contribution in [3.05, 3.63) is 71.4 Å². The van der Waals surface area contributed by atoms with Crippen molar-refractivity contribution in [3.63, 3.8) is 0 Å². The second kappa shape index (κ2) is 7.44. The van der Waals surface area contributed by atoms with Gasteiger partial charge in [0.1, 0.15) is 0 Å². The van der Waals surface area contributed by atoms with Gasteiger partial charge in [0.15, 0.2) is 0 Å². The van der Waals surface area contributed by atoms with Crippen LogP contribution >= 0.6 is 0 Å². The number of anilines is 1. The van der Waals surface area contributed by atoms with E-state index in [1.807, 2.05) is 24.3 Å². The molecule has 3 aromatic rings. The zero-order valence-corrected chi connectivity index (χ0v) is 14.7. The van der Waals surface area contributed by atoms with E-state index in [0.717, 1.165) is 41.5 Å². The second-order valence-electron chi connectivity index (χ2n) is 7.04. The van der Waals surface area contributed by atoms with E-state index in [4.69, 9.17) is 10.1 Å².